The van der Waals surface area contributed by atoms with Crippen molar-refractivity contribution in [2.24, 2.45) is 11.7 Å². The van der Waals surface area contributed by atoms with Crippen molar-refractivity contribution in [2.45, 2.75) is 38.1 Å². The summed E-state index contributed by atoms with van der Waals surface area (Å²) in [6, 6.07) is 4.24. The lowest BCUT2D eigenvalue weighted by atomic mass is 9.87. The van der Waals surface area contributed by atoms with Crippen LogP contribution in [0.1, 0.15) is 37.7 Å². The number of anilines is 1. The Morgan fingerprint density at radius 3 is 2.92 bits per heavy atom. The molecule has 0 bridgehead atoms. The van der Waals surface area contributed by atoms with E-state index in [9.17, 15) is 14.0 Å². The van der Waals surface area contributed by atoms with Crippen LogP contribution in [-0.2, 0) is 9.59 Å². The minimum absolute atomic E-state index is 0. The molecule has 1 aromatic carbocycles. The molecule has 1 aromatic rings. The number of fused-ring (bicyclic) bond motifs is 1. The highest BCUT2D eigenvalue weighted by Gasteiger charge is 2.35. The van der Waals surface area contributed by atoms with Crippen molar-refractivity contribution in [3.05, 3.63) is 29.6 Å². The predicted molar refractivity (Wildman–Crippen MR) is 92.6 cm³/mol. The molecule has 2 aliphatic rings. The molecule has 2 aliphatic heterocycles. The van der Waals surface area contributed by atoms with Crippen LogP contribution in [0.25, 0.3) is 0 Å². The van der Waals surface area contributed by atoms with Crippen LogP contribution in [0.2, 0.25) is 0 Å². The molecule has 1 fully saturated rings. The molecule has 5 nitrogen and oxygen atoms in total. The highest BCUT2D eigenvalue weighted by atomic mass is 35.5. The number of nitrogens with zero attached hydrogens (tertiary/aromatic N) is 1. The molecule has 3 N–H and O–H groups in total. The Balaban J connectivity index is 0.00000208. The molecule has 3 unspecified atom stereocenters. The molecule has 3 rings (SSSR count). The molecular formula is C17H23ClFN3O2. The Morgan fingerprint density at radius 2 is 2.21 bits per heavy atom. The van der Waals surface area contributed by atoms with E-state index in [0.717, 1.165) is 12.8 Å². The summed E-state index contributed by atoms with van der Waals surface area (Å²) in [5.74, 6) is -0.976. The average Bonchev–Trinajstić information content (AvgIpc) is 2.53. The predicted octanol–water partition coefficient (Wildman–Crippen LogP) is 2.26. The zero-order chi connectivity index (χ0) is 16.6. The molecule has 0 aromatic heterocycles. The van der Waals surface area contributed by atoms with Gasteiger partial charge < -0.3 is 16.0 Å². The van der Waals surface area contributed by atoms with Crippen molar-refractivity contribution in [3.63, 3.8) is 0 Å². The van der Waals surface area contributed by atoms with Crippen LogP contribution in [0.4, 0.5) is 10.1 Å². The third-order valence-electron chi connectivity index (χ3n) is 4.87. The van der Waals surface area contributed by atoms with Gasteiger partial charge in [0.1, 0.15) is 5.82 Å². The Labute approximate surface area is 147 Å². The van der Waals surface area contributed by atoms with E-state index in [4.69, 9.17) is 5.73 Å². The lowest BCUT2D eigenvalue weighted by Gasteiger charge is -2.37. The molecule has 1 saturated heterocycles. The third kappa shape index (κ3) is 3.70. The normalized spacial score (nSPS) is 24.5. The number of hydrogen-bond acceptors (Lipinski definition) is 3. The molecule has 2 heterocycles. The van der Waals surface area contributed by atoms with Gasteiger partial charge in [-0.15, -0.1) is 12.4 Å². The second kappa shape index (κ2) is 7.49. The summed E-state index contributed by atoms with van der Waals surface area (Å²) < 4.78 is 13.4. The lowest BCUT2D eigenvalue weighted by Crippen LogP contribution is -2.47. The largest absolute Gasteiger partial charge is 0.342 e. The van der Waals surface area contributed by atoms with Crippen molar-refractivity contribution in [3.8, 4) is 0 Å². The SMILES string of the molecule is CC(N)C1CCCN(C(=O)C2CC(=O)Nc3cc(F)ccc32)C1.Cl. The molecule has 7 heteroatoms. The summed E-state index contributed by atoms with van der Waals surface area (Å²) in [7, 11) is 0. The first-order valence-corrected chi connectivity index (χ1v) is 8.09. The Bertz CT molecular complexity index is 638. The number of hydrogen-bond donors (Lipinski definition) is 2. The molecule has 0 spiro atoms. The van der Waals surface area contributed by atoms with E-state index in [1.807, 2.05) is 11.8 Å². The molecule has 0 radical (unpaired) electrons. The summed E-state index contributed by atoms with van der Waals surface area (Å²) in [6.07, 6.45) is 2.05. The van der Waals surface area contributed by atoms with Gasteiger partial charge in [0.25, 0.3) is 0 Å². The quantitative estimate of drug-likeness (QED) is 0.854. The van der Waals surface area contributed by atoms with Gasteiger partial charge >= 0.3 is 0 Å². The van der Waals surface area contributed by atoms with E-state index in [-0.39, 0.29) is 42.6 Å². The number of benzene rings is 1. The Morgan fingerprint density at radius 1 is 1.46 bits per heavy atom. The number of carbonyl (C=O) groups excluding carboxylic acids is 2. The monoisotopic (exact) mass is 355 g/mol. The van der Waals surface area contributed by atoms with Crippen LogP contribution in [0, 0.1) is 11.7 Å². The first kappa shape index (κ1) is 18.7. The summed E-state index contributed by atoms with van der Waals surface area (Å²) in [4.78, 5) is 26.6. The Kier molecular flexibility index (Phi) is 5.83. The zero-order valence-electron chi connectivity index (χ0n) is 13.6. The van der Waals surface area contributed by atoms with Crippen molar-refractivity contribution in [1.29, 1.82) is 0 Å². The van der Waals surface area contributed by atoms with Crippen molar-refractivity contribution < 1.29 is 14.0 Å². The van der Waals surface area contributed by atoms with E-state index in [2.05, 4.69) is 5.32 Å². The maximum absolute atomic E-state index is 13.4. The number of likely N-dealkylation sites (tertiary alicyclic amines) is 1. The van der Waals surface area contributed by atoms with Crippen LogP contribution in [0.3, 0.4) is 0 Å². The number of halogens is 2. The van der Waals surface area contributed by atoms with Crippen LogP contribution in [-0.4, -0.2) is 35.8 Å². The van der Waals surface area contributed by atoms with Crippen molar-refractivity contribution in [2.75, 3.05) is 18.4 Å². The molecular weight excluding hydrogens is 333 g/mol. The fourth-order valence-electron chi connectivity index (χ4n) is 3.52. The van der Waals surface area contributed by atoms with Crippen molar-refractivity contribution >= 4 is 29.9 Å². The standard InChI is InChI=1S/C17H22FN3O2.ClH/c1-10(19)11-3-2-6-21(9-11)17(23)14-8-16(22)20-15-7-12(18)4-5-13(14)15;/h4-5,7,10-11,14H,2-3,6,8-9,19H2,1H3,(H,20,22);1H. The van der Waals surface area contributed by atoms with Crippen LogP contribution in [0.15, 0.2) is 18.2 Å². The minimum Gasteiger partial charge on any atom is -0.342 e. The van der Waals surface area contributed by atoms with E-state index >= 15 is 0 Å². The van der Waals surface area contributed by atoms with E-state index < -0.39 is 11.7 Å². The van der Waals surface area contributed by atoms with E-state index in [1.54, 1.807) is 6.07 Å². The second-order valence-corrected chi connectivity index (χ2v) is 6.58. The summed E-state index contributed by atoms with van der Waals surface area (Å²) in [5, 5.41) is 2.65. The number of carbonyl (C=O) groups is 2. The first-order valence-electron chi connectivity index (χ1n) is 8.09. The summed E-state index contributed by atoms with van der Waals surface area (Å²) >= 11 is 0. The van der Waals surface area contributed by atoms with Gasteiger partial charge in [0.2, 0.25) is 11.8 Å². The lowest BCUT2D eigenvalue weighted by molar-refractivity contribution is -0.136. The number of rotatable bonds is 2. The fourth-order valence-corrected chi connectivity index (χ4v) is 3.52. The highest BCUT2D eigenvalue weighted by Crippen LogP contribution is 2.35. The zero-order valence-corrected chi connectivity index (χ0v) is 14.4. The molecule has 24 heavy (non-hydrogen) atoms. The van der Waals surface area contributed by atoms with Gasteiger partial charge in [-0.25, -0.2) is 4.39 Å². The van der Waals surface area contributed by atoms with Gasteiger partial charge in [0.05, 0.1) is 5.92 Å². The number of piperidine rings is 1. The van der Waals surface area contributed by atoms with E-state index in [0.29, 0.717) is 24.3 Å². The number of nitrogens with two attached hydrogens (primary N) is 1. The molecule has 3 atom stereocenters. The topological polar surface area (TPSA) is 75.4 Å². The van der Waals surface area contributed by atoms with Gasteiger partial charge in [-0.1, -0.05) is 6.07 Å². The smallest absolute Gasteiger partial charge is 0.230 e. The van der Waals surface area contributed by atoms with Gasteiger partial charge in [0, 0.05) is 31.2 Å². The van der Waals surface area contributed by atoms with Gasteiger partial charge in [0.15, 0.2) is 0 Å². The number of nitrogens with one attached hydrogen (secondary N) is 1. The molecule has 0 saturated carbocycles. The van der Waals surface area contributed by atoms with Gasteiger partial charge in [-0.2, -0.15) is 0 Å². The third-order valence-corrected chi connectivity index (χ3v) is 4.87. The van der Waals surface area contributed by atoms with Gasteiger partial charge in [-0.05, 0) is 43.4 Å². The maximum Gasteiger partial charge on any atom is 0.230 e. The Hall–Kier alpha value is -1.66. The highest BCUT2D eigenvalue weighted by molar-refractivity contribution is 6.01. The second-order valence-electron chi connectivity index (χ2n) is 6.58. The van der Waals surface area contributed by atoms with Crippen LogP contribution >= 0.6 is 12.4 Å². The van der Waals surface area contributed by atoms with Crippen molar-refractivity contribution in [1.82, 2.24) is 4.90 Å². The average molecular weight is 356 g/mol. The van der Waals surface area contributed by atoms with Gasteiger partial charge in [-0.3, -0.25) is 9.59 Å². The molecule has 132 valence electrons. The molecule has 0 aliphatic carbocycles. The summed E-state index contributed by atoms with van der Waals surface area (Å²) in [6.45, 7) is 3.28. The van der Waals surface area contributed by atoms with Crippen LogP contribution in [0.5, 0.6) is 0 Å². The van der Waals surface area contributed by atoms with E-state index in [1.165, 1.54) is 12.1 Å². The maximum atomic E-state index is 13.4. The van der Waals surface area contributed by atoms with Crippen LogP contribution < -0.4 is 11.1 Å². The fraction of sp³-hybridized carbons (Fsp3) is 0.529. The first-order chi connectivity index (χ1) is 11.0. The minimum atomic E-state index is -0.536. The summed E-state index contributed by atoms with van der Waals surface area (Å²) in [5.41, 5.74) is 7.08. The molecule has 2 amide bonds. The number of amides is 2.